The number of hydrogen-bond donors (Lipinski definition) is 1. The summed E-state index contributed by atoms with van der Waals surface area (Å²) in [6, 6.07) is 5.54. The van der Waals surface area contributed by atoms with E-state index >= 15 is 0 Å². The number of carbonyl (C=O) groups excluding carboxylic acids is 4. The van der Waals surface area contributed by atoms with Gasteiger partial charge in [0.05, 0.1) is 6.42 Å². The minimum atomic E-state index is -0.202. The Labute approximate surface area is 152 Å². The standard InChI is InChI=1S/C21H21NO4/c23-11-2-1-4-15-5-3-6-17-18(15)12-14(13-19(17)24)7-8-16-9-10-20(25)22-21(16)26/h3,5-6,11,14,16H,2,7-10,12-13H2,(H,22,25,26). The Morgan fingerprint density at radius 1 is 1.15 bits per heavy atom. The minimum absolute atomic E-state index is 0.110. The fourth-order valence-electron chi connectivity index (χ4n) is 3.76. The molecular formula is C21H21NO4. The summed E-state index contributed by atoms with van der Waals surface area (Å²) in [6.45, 7) is 0. The minimum Gasteiger partial charge on any atom is -0.302 e. The Morgan fingerprint density at radius 3 is 2.77 bits per heavy atom. The molecule has 1 heterocycles. The van der Waals surface area contributed by atoms with Gasteiger partial charge < -0.3 is 4.79 Å². The topological polar surface area (TPSA) is 80.3 Å². The van der Waals surface area contributed by atoms with E-state index in [-0.39, 0.29) is 35.9 Å². The van der Waals surface area contributed by atoms with E-state index in [1.165, 1.54) is 0 Å². The van der Waals surface area contributed by atoms with Crippen LogP contribution in [0.2, 0.25) is 0 Å². The van der Waals surface area contributed by atoms with Gasteiger partial charge in [-0.05, 0) is 43.2 Å². The Balaban J connectivity index is 1.69. The van der Waals surface area contributed by atoms with Crippen LogP contribution in [0.25, 0.3) is 0 Å². The van der Waals surface area contributed by atoms with Gasteiger partial charge in [-0.15, -0.1) is 0 Å². The zero-order chi connectivity index (χ0) is 18.5. The Bertz CT molecular complexity index is 815. The molecule has 2 aliphatic rings. The maximum atomic E-state index is 12.5. The molecule has 1 saturated heterocycles. The molecule has 134 valence electrons. The number of ketones is 1. The highest BCUT2D eigenvalue weighted by molar-refractivity contribution is 5.99. The molecule has 26 heavy (non-hydrogen) atoms. The average Bonchev–Trinajstić information content (AvgIpc) is 2.62. The van der Waals surface area contributed by atoms with Crippen LogP contribution in [0.4, 0.5) is 0 Å². The summed E-state index contributed by atoms with van der Waals surface area (Å²) >= 11 is 0. The van der Waals surface area contributed by atoms with Gasteiger partial charge in [0.15, 0.2) is 5.78 Å². The second-order valence-electron chi connectivity index (χ2n) is 6.93. The Morgan fingerprint density at radius 2 is 2.00 bits per heavy atom. The number of rotatable bonds is 4. The van der Waals surface area contributed by atoms with Gasteiger partial charge >= 0.3 is 0 Å². The van der Waals surface area contributed by atoms with Gasteiger partial charge in [-0.2, -0.15) is 0 Å². The number of amides is 2. The van der Waals surface area contributed by atoms with Crippen LogP contribution in [0.5, 0.6) is 0 Å². The summed E-state index contributed by atoms with van der Waals surface area (Å²) in [7, 11) is 0. The van der Waals surface area contributed by atoms with Gasteiger partial charge in [0.2, 0.25) is 11.8 Å². The van der Waals surface area contributed by atoms with Gasteiger partial charge in [-0.1, -0.05) is 24.0 Å². The van der Waals surface area contributed by atoms with E-state index in [0.717, 1.165) is 35.8 Å². The number of hydrogen-bond acceptors (Lipinski definition) is 4. The monoisotopic (exact) mass is 351 g/mol. The van der Waals surface area contributed by atoms with Gasteiger partial charge in [-0.25, -0.2) is 0 Å². The molecular weight excluding hydrogens is 330 g/mol. The number of fused-ring (bicyclic) bond motifs is 1. The van der Waals surface area contributed by atoms with Crippen molar-refractivity contribution in [2.75, 3.05) is 0 Å². The van der Waals surface area contributed by atoms with Gasteiger partial charge in [0, 0.05) is 29.9 Å². The second-order valence-corrected chi connectivity index (χ2v) is 6.93. The molecule has 2 atom stereocenters. The number of carbonyl (C=O) groups is 4. The highest BCUT2D eigenvalue weighted by Gasteiger charge is 2.30. The maximum Gasteiger partial charge on any atom is 0.229 e. The van der Waals surface area contributed by atoms with E-state index in [0.29, 0.717) is 25.7 Å². The molecule has 1 fully saturated rings. The molecule has 1 aliphatic carbocycles. The molecule has 5 nitrogen and oxygen atoms in total. The lowest BCUT2D eigenvalue weighted by atomic mass is 9.77. The molecule has 1 N–H and O–H groups in total. The zero-order valence-corrected chi connectivity index (χ0v) is 14.5. The van der Waals surface area contributed by atoms with E-state index in [2.05, 4.69) is 17.2 Å². The third kappa shape index (κ3) is 4.08. The van der Waals surface area contributed by atoms with Crippen LogP contribution in [0.3, 0.4) is 0 Å². The average molecular weight is 351 g/mol. The van der Waals surface area contributed by atoms with E-state index in [1.807, 2.05) is 18.2 Å². The lowest BCUT2D eigenvalue weighted by Crippen LogP contribution is -2.40. The smallest absolute Gasteiger partial charge is 0.229 e. The molecule has 0 bridgehead atoms. The van der Waals surface area contributed by atoms with E-state index in [9.17, 15) is 19.2 Å². The number of benzene rings is 1. The highest BCUT2D eigenvalue weighted by Crippen LogP contribution is 2.32. The van der Waals surface area contributed by atoms with Gasteiger partial charge in [-0.3, -0.25) is 19.7 Å². The van der Waals surface area contributed by atoms with Crippen molar-refractivity contribution < 1.29 is 19.2 Å². The van der Waals surface area contributed by atoms with Crippen LogP contribution in [-0.2, 0) is 20.8 Å². The first kappa shape index (κ1) is 18.1. The third-order valence-electron chi connectivity index (χ3n) is 5.13. The highest BCUT2D eigenvalue weighted by atomic mass is 16.2. The SMILES string of the molecule is O=CCC#Cc1cccc2c1CC(CCC1CCC(=O)NC1=O)CC2=O. The predicted molar refractivity (Wildman–Crippen MR) is 95.3 cm³/mol. The number of nitrogens with one attached hydrogen (secondary N) is 1. The summed E-state index contributed by atoms with van der Waals surface area (Å²) in [5, 5.41) is 2.39. The molecule has 1 aromatic rings. The fourth-order valence-corrected chi connectivity index (χ4v) is 3.76. The first-order valence-electron chi connectivity index (χ1n) is 8.99. The van der Waals surface area contributed by atoms with Crippen molar-refractivity contribution in [3.8, 4) is 11.8 Å². The van der Waals surface area contributed by atoms with Crippen molar-refractivity contribution in [2.24, 2.45) is 11.8 Å². The van der Waals surface area contributed by atoms with Crippen molar-refractivity contribution in [1.29, 1.82) is 0 Å². The first-order chi connectivity index (χ1) is 12.6. The Kier molecular flexibility index (Phi) is 5.62. The largest absolute Gasteiger partial charge is 0.302 e. The summed E-state index contributed by atoms with van der Waals surface area (Å²) in [5.74, 6) is 5.55. The van der Waals surface area contributed by atoms with Crippen molar-refractivity contribution in [1.82, 2.24) is 5.32 Å². The van der Waals surface area contributed by atoms with Crippen LogP contribution in [-0.4, -0.2) is 23.9 Å². The zero-order valence-electron chi connectivity index (χ0n) is 14.5. The van der Waals surface area contributed by atoms with E-state index < -0.39 is 0 Å². The van der Waals surface area contributed by atoms with E-state index in [1.54, 1.807) is 0 Å². The fraction of sp³-hybridized carbons (Fsp3) is 0.429. The van der Waals surface area contributed by atoms with Crippen molar-refractivity contribution in [3.63, 3.8) is 0 Å². The van der Waals surface area contributed by atoms with Gasteiger partial charge in [0.25, 0.3) is 0 Å². The van der Waals surface area contributed by atoms with Crippen molar-refractivity contribution in [2.45, 2.75) is 44.9 Å². The summed E-state index contributed by atoms with van der Waals surface area (Å²) in [5.41, 5.74) is 2.49. The van der Waals surface area contributed by atoms with Crippen LogP contribution < -0.4 is 5.32 Å². The Hall–Kier alpha value is -2.74. The maximum absolute atomic E-state index is 12.5. The normalized spacial score (nSPS) is 22.1. The molecule has 3 rings (SSSR count). The van der Waals surface area contributed by atoms with Crippen LogP contribution >= 0.6 is 0 Å². The van der Waals surface area contributed by atoms with Crippen LogP contribution in [0.15, 0.2) is 18.2 Å². The molecule has 0 radical (unpaired) electrons. The van der Waals surface area contributed by atoms with Crippen LogP contribution in [0, 0.1) is 23.7 Å². The first-order valence-corrected chi connectivity index (χ1v) is 8.99. The molecule has 0 saturated carbocycles. The number of piperidine rings is 1. The summed E-state index contributed by atoms with van der Waals surface area (Å²) in [4.78, 5) is 46.1. The van der Waals surface area contributed by atoms with Crippen molar-refractivity contribution in [3.05, 3.63) is 34.9 Å². The van der Waals surface area contributed by atoms with Crippen LogP contribution in [0.1, 0.15) is 60.0 Å². The number of Topliss-reactive ketones (excluding diaryl/α,β-unsaturated/α-hetero) is 1. The summed E-state index contributed by atoms with van der Waals surface area (Å²) in [6.07, 6.45) is 4.60. The molecule has 1 aromatic carbocycles. The lowest BCUT2D eigenvalue weighted by molar-refractivity contribution is -0.136. The number of aldehydes is 1. The van der Waals surface area contributed by atoms with E-state index in [4.69, 9.17) is 0 Å². The second kappa shape index (κ2) is 8.09. The lowest BCUT2D eigenvalue weighted by Gasteiger charge is -2.27. The molecule has 0 spiro atoms. The molecule has 1 aliphatic heterocycles. The quantitative estimate of drug-likeness (QED) is 0.512. The summed E-state index contributed by atoms with van der Waals surface area (Å²) < 4.78 is 0. The van der Waals surface area contributed by atoms with Crippen molar-refractivity contribution >= 4 is 23.9 Å². The molecule has 2 unspecified atom stereocenters. The third-order valence-corrected chi connectivity index (χ3v) is 5.13. The number of imide groups is 1. The molecule has 5 heteroatoms. The van der Waals surface area contributed by atoms with Gasteiger partial charge in [0.1, 0.15) is 6.29 Å². The molecule has 2 amide bonds. The predicted octanol–water partition coefficient (Wildman–Crippen LogP) is 2.21. The molecule has 0 aromatic heterocycles.